The molecule has 1 unspecified atom stereocenters. The Labute approximate surface area is 232 Å². The van der Waals surface area contributed by atoms with Crippen LogP contribution in [0.3, 0.4) is 0 Å². The van der Waals surface area contributed by atoms with E-state index in [1.165, 1.54) is 49.4 Å². The lowest BCUT2D eigenvalue weighted by molar-refractivity contribution is 0.0752. The molecule has 1 aromatic heterocycles. The summed E-state index contributed by atoms with van der Waals surface area (Å²) >= 11 is 0. The van der Waals surface area contributed by atoms with E-state index in [9.17, 15) is 4.79 Å². The summed E-state index contributed by atoms with van der Waals surface area (Å²) in [6.45, 7) is 7.02. The van der Waals surface area contributed by atoms with Crippen molar-refractivity contribution in [1.82, 2.24) is 19.4 Å². The van der Waals surface area contributed by atoms with Gasteiger partial charge in [0.2, 0.25) is 0 Å². The molecule has 0 spiro atoms. The van der Waals surface area contributed by atoms with Crippen LogP contribution in [0.5, 0.6) is 0 Å². The fraction of sp³-hybridized carbons (Fsp3) is 0.548. The van der Waals surface area contributed by atoms with E-state index >= 15 is 0 Å². The van der Waals surface area contributed by atoms with Crippen molar-refractivity contribution in [2.24, 2.45) is 0 Å². The van der Waals surface area contributed by atoms with Gasteiger partial charge in [0.25, 0.3) is 0 Å². The molecule has 0 N–H and O–H groups in total. The van der Waals surface area contributed by atoms with Gasteiger partial charge in [0.15, 0.2) is 0 Å². The minimum absolute atomic E-state index is 0. The second-order valence-corrected chi connectivity index (χ2v) is 11.6. The van der Waals surface area contributed by atoms with Gasteiger partial charge in [0.1, 0.15) is 5.82 Å². The first-order chi connectivity index (χ1) is 18.0. The van der Waals surface area contributed by atoms with Gasteiger partial charge in [0.05, 0.1) is 18.1 Å². The van der Waals surface area contributed by atoms with E-state index in [0.29, 0.717) is 18.1 Å². The van der Waals surface area contributed by atoms with Crippen molar-refractivity contribution in [3.05, 3.63) is 65.5 Å². The number of fused-ring (bicyclic) bond motifs is 3. The van der Waals surface area contributed by atoms with Crippen LogP contribution in [0, 0.1) is 13.8 Å². The normalized spacial score (nSPS) is 24.8. The predicted octanol–water partition coefficient (Wildman–Crippen LogP) is 6.43. The number of benzene rings is 2. The van der Waals surface area contributed by atoms with Crippen LogP contribution in [0.15, 0.2) is 48.5 Å². The summed E-state index contributed by atoms with van der Waals surface area (Å²) in [6, 6.07) is 19.5. The number of hydrogen-bond donors (Lipinski definition) is 0. The molecule has 204 valence electrons. The Kier molecular flexibility index (Phi) is 7.74. The number of nitrogens with zero attached hydrogens (tertiary/aromatic N) is 4. The number of aromatic nitrogens is 2. The van der Waals surface area contributed by atoms with Gasteiger partial charge in [-0.15, -0.1) is 12.4 Å². The lowest BCUT2D eigenvalue weighted by Gasteiger charge is -2.45. The Morgan fingerprint density at radius 3 is 2.39 bits per heavy atom. The molecule has 3 saturated heterocycles. The third-order valence-electron chi connectivity index (χ3n) is 9.63. The van der Waals surface area contributed by atoms with Crippen molar-refractivity contribution < 1.29 is 9.53 Å². The van der Waals surface area contributed by atoms with Crippen LogP contribution >= 0.6 is 12.4 Å². The molecule has 0 saturated carbocycles. The van der Waals surface area contributed by atoms with E-state index in [1.807, 2.05) is 4.90 Å². The Morgan fingerprint density at radius 2 is 1.71 bits per heavy atom. The molecule has 4 heterocycles. The van der Waals surface area contributed by atoms with Gasteiger partial charge in [-0.1, -0.05) is 42.0 Å². The average molecular weight is 537 g/mol. The zero-order chi connectivity index (χ0) is 25.6. The number of rotatable bonds is 5. The molecule has 1 amide bonds. The summed E-state index contributed by atoms with van der Waals surface area (Å²) in [6.07, 6.45) is 7.99. The topological polar surface area (TPSA) is 50.6 Å². The van der Waals surface area contributed by atoms with Crippen LogP contribution in [-0.4, -0.2) is 64.3 Å². The van der Waals surface area contributed by atoms with Crippen molar-refractivity contribution >= 4 is 29.5 Å². The van der Waals surface area contributed by atoms with Crippen molar-refractivity contribution in [1.29, 1.82) is 0 Å². The van der Waals surface area contributed by atoms with Gasteiger partial charge < -0.3 is 14.2 Å². The van der Waals surface area contributed by atoms with E-state index < -0.39 is 0 Å². The van der Waals surface area contributed by atoms with Gasteiger partial charge in [0, 0.05) is 31.2 Å². The molecule has 3 fully saturated rings. The minimum Gasteiger partial charge on any atom is -0.453 e. The number of likely N-dealkylation sites (tertiary alicyclic amines) is 1. The third kappa shape index (κ3) is 4.82. The Hall–Kier alpha value is -2.57. The number of amides is 1. The fourth-order valence-corrected chi connectivity index (χ4v) is 7.69. The molecule has 6 nitrogen and oxygen atoms in total. The maximum absolute atomic E-state index is 12.2. The molecule has 3 atom stereocenters. The van der Waals surface area contributed by atoms with Gasteiger partial charge in [-0.05, 0) is 88.4 Å². The molecule has 2 bridgehead atoms. The highest BCUT2D eigenvalue weighted by Gasteiger charge is 2.44. The molecule has 2 aromatic carbocycles. The number of halogens is 1. The lowest BCUT2D eigenvalue weighted by Crippen LogP contribution is -2.49. The maximum Gasteiger partial charge on any atom is 0.409 e. The van der Waals surface area contributed by atoms with E-state index in [2.05, 4.69) is 71.8 Å². The monoisotopic (exact) mass is 536 g/mol. The second-order valence-electron chi connectivity index (χ2n) is 11.6. The number of carbonyl (C=O) groups is 1. The van der Waals surface area contributed by atoms with Crippen LogP contribution < -0.4 is 0 Å². The van der Waals surface area contributed by atoms with Crippen LogP contribution in [0.1, 0.15) is 67.9 Å². The highest BCUT2D eigenvalue weighted by atomic mass is 35.5. The zero-order valence-electron chi connectivity index (χ0n) is 22.9. The Bertz CT molecular complexity index is 1270. The van der Waals surface area contributed by atoms with E-state index in [1.54, 1.807) is 0 Å². The predicted molar refractivity (Wildman–Crippen MR) is 154 cm³/mol. The van der Waals surface area contributed by atoms with Crippen molar-refractivity contribution in [2.45, 2.75) is 82.3 Å². The van der Waals surface area contributed by atoms with Crippen LogP contribution in [0.4, 0.5) is 4.79 Å². The summed E-state index contributed by atoms with van der Waals surface area (Å²) < 4.78 is 7.54. The molecule has 3 aromatic rings. The molecule has 38 heavy (non-hydrogen) atoms. The molecule has 0 radical (unpaired) electrons. The Balaban J connectivity index is 0.00000294. The number of para-hydroxylation sites is 2. The van der Waals surface area contributed by atoms with E-state index in [4.69, 9.17) is 9.72 Å². The number of aryl methyl sites for hydroxylation is 2. The van der Waals surface area contributed by atoms with Gasteiger partial charge in [-0.25, -0.2) is 9.78 Å². The summed E-state index contributed by atoms with van der Waals surface area (Å²) in [5, 5.41) is 0. The molecular weight excluding hydrogens is 496 g/mol. The number of hydrogen-bond acceptors (Lipinski definition) is 4. The molecular formula is C31H41ClN4O2. The van der Waals surface area contributed by atoms with Gasteiger partial charge in [-0.2, -0.15) is 0 Å². The largest absolute Gasteiger partial charge is 0.453 e. The first kappa shape index (κ1) is 27.0. The SMILES string of the molecule is COC(=O)N1CCC(CCN2[C@@H]3CC[C@H]2CC(n2c(C)nc4ccccc42)C3)(c2cccc(C)c2)CC1.Cl. The van der Waals surface area contributed by atoms with Gasteiger partial charge in [-0.3, -0.25) is 4.90 Å². The highest BCUT2D eigenvalue weighted by molar-refractivity contribution is 5.85. The lowest BCUT2D eigenvalue weighted by atomic mass is 9.70. The van der Waals surface area contributed by atoms with Crippen LogP contribution in [0.2, 0.25) is 0 Å². The first-order valence-electron chi connectivity index (χ1n) is 14.1. The summed E-state index contributed by atoms with van der Waals surface area (Å²) in [7, 11) is 1.48. The average Bonchev–Trinajstić information content (AvgIpc) is 3.37. The standard InChI is InChI=1S/C31H40N4O2.ClH/c1-22-7-6-8-24(19-22)31(13-16-33(17-14-31)30(36)37-3)15-18-34-25-11-12-26(34)21-27(20-25)35-23(2)32-28-9-4-5-10-29(28)35;/h4-10,19,25-27H,11-18,20-21H2,1-3H3;1H/t25-,26+,27?;. The number of ether oxygens (including phenoxy) is 1. The van der Waals surface area contributed by atoms with Gasteiger partial charge >= 0.3 is 6.09 Å². The van der Waals surface area contributed by atoms with Crippen LogP contribution in [-0.2, 0) is 10.2 Å². The summed E-state index contributed by atoms with van der Waals surface area (Å²) in [5.41, 5.74) is 5.28. The Morgan fingerprint density at radius 1 is 1.00 bits per heavy atom. The highest BCUT2D eigenvalue weighted by Crippen LogP contribution is 2.45. The molecule has 3 aliphatic heterocycles. The number of piperidine rings is 2. The van der Waals surface area contributed by atoms with Crippen LogP contribution in [0.25, 0.3) is 11.0 Å². The first-order valence-corrected chi connectivity index (χ1v) is 14.1. The van der Waals surface area contributed by atoms with Crippen molar-refractivity contribution in [3.63, 3.8) is 0 Å². The fourth-order valence-electron chi connectivity index (χ4n) is 7.69. The minimum atomic E-state index is -0.194. The number of methoxy groups -OCH3 is 1. The van der Waals surface area contributed by atoms with E-state index in [-0.39, 0.29) is 23.9 Å². The second kappa shape index (κ2) is 10.9. The molecule has 0 aliphatic carbocycles. The zero-order valence-corrected chi connectivity index (χ0v) is 23.8. The molecule has 3 aliphatic rings. The number of imidazole rings is 1. The number of carbonyl (C=O) groups excluding carboxylic acids is 1. The third-order valence-corrected chi connectivity index (χ3v) is 9.63. The molecule has 6 rings (SSSR count). The van der Waals surface area contributed by atoms with E-state index in [0.717, 1.165) is 50.2 Å². The smallest absolute Gasteiger partial charge is 0.409 e. The molecule has 7 heteroatoms. The maximum atomic E-state index is 12.2. The van der Waals surface area contributed by atoms with Crippen molar-refractivity contribution in [3.8, 4) is 0 Å². The van der Waals surface area contributed by atoms with Crippen molar-refractivity contribution in [2.75, 3.05) is 26.7 Å². The summed E-state index contributed by atoms with van der Waals surface area (Å²) in [5.74, 6) is 1.15. The summed E-state index contributed by atoms with van der Waals surface area (Å²) in [4.78, 5) is 21.8. The quantitative estimate of drug-likeness (QED) is 0.377.